The highest BCUT2D eigenvalue weighted by Crippen LogP contribution is 2.35. The number of hydrogen-bond acceptors (Lipinski definition) is 3. The van der Waals surface area contributed by atoms with Gasteiger partial charge in [0, 0.05) is 12.5 Å². The Morgan fingerprint density at radius 2 is 2.12 bits per heavy atom. The molecule has 24 heavy (non-hydrogen) atoms. The molecule has 1 heterocycles. The van der Waals surface area contributed by atoms with Gasteiger partial charge >= 0.3 is 0 Å². The van der Waals surface area contributed by atoms with Crippen molar-refractivity contribution < 1.29 is 4.79 Å². The molecule has 0 unspecified atom stereocenters. The fourth-order valence-electron chi connectivity index (χ4n) is 3.86. The largest absolute Gasteiger partial charge is 0.339 e. The van der Waals surface area contributed by atoms with Crippen LogP contribution in [0.15, 0.2) is 29.8 Å². The van der Waals surface area contributed by atoms with E-state index in [0.29, 0.717) is 18.4 Å². The first-order chi connectivity index (χ1) is 11.5. The van der Waals surface area contributed by atoms with Crippen molar-refractivity contribution >= 4 is 12.0 Å². The number of carbonyl (C=O) groups is 1. The molecule has 3 rings (SSSR count). The van der Waals surface area contributed by atoms with Gasteiger partial charge in [0.25, 0.3) is 0 Å². The summed E-state index contributed by atoms with van der Waals surface area (Å²) < 4.78 is 0. The summed E-state index contributed by atoms with van der Waals surface area (Å²) in [6.07, 6.45) is 6.06. The van der Waals surface area contributed by atoms with Crippen LogP contribution in [0.5, 0.6) is 0 Å². The number of rotatable bonds is 5. The van der Waals surface area contributed by atoms with Crippen molar-refractivity contribution in [3.05, 3.63) is 41.0 Å². The molecule has 4 atom stereocenters. The standard InChI is InChI=1S/C20H25N3O/c1-13(2)9-14-3-5-15(6-4-14)10-18(12-21)23-20(24)19-16-7-8-17(11-16)22-19/h3-6,9,16-19,22H,7-8,10-11H2,1-2H3,(H,23,24)/t16-,17+,18-,19-/m0/s1. The molecule has 0 spiro atoms. The Hall–Kier alpha value is -2.12. The second-order valence-corrected chi connectivity index (χ2v) is 7.27. The van der Waals surface area contributed by atoms with Gasteiger partial charge in [0.05, 0.1) is 12.1 Å². The number of piperidine rings is 1. The first kappa shape index (κ1) is 16.7. The predicted molar refractivity (Wildman–Crippen MR) is 95.1 cm³/mol. The van der Waals surface area contributed by atoms with Gasteiger partial charge in [0.1, 0.15) is 6.04 Å². The van der Waals surface area contributed by atoms with E-state index in [0.717, 1.165) is 24.0 Å². The van der Waals surface area contributed by atoms with E-state index in [2.05, 4.69) is 48.8 Å². The number of carbonyl (C=O) groups excluding carboxylic acids is 1. The third kappa shape index (κ3) is 3.85. The number of allylic oxidation sites excluding steroid dienone is 1. The molecule has 2 fully saturated rings. The summed E-state index contributed by atoms with van der Waals surface area (Å²) in [4.78, 5) is 12.4. The molecule has 1 amide bonds. The van der Waals surface area contributed by atoms with Gasteiger partial charge in [-0.15, -0.1) is 0 Å². The maximum absolute atomic E-state index is 12.4. The zero-order valence-corrected chi connectivity index (χ0v) is 14.4. The molecular weight excluding hydrogens is 298 g/mol. The van der Waals surface area contributed by atoms with E-state index in [-0.39, 0.29) is 11.9 Å². The molecule has 126 valence electrons. The fraction of sp³-hybridized carbons (Fsp3) is 0.500. The summed E-state index contributed by atoms with van der Waals surface area (Å²) >= 11 is 0. The van der Waals surface area contributed by atoms with Gasteiger partial charge in [-0.1, -0.05) is 35.9 Å². The van der Waals surface area contributed by atoms with Crippen LogP contribution < -0.4 is 10.6 Å². The molecule has 1 aliphatic heterocycles. The SMILES string of the molecule is CC(C)=Cc1ccc(C[C@@H](C#N)NC(=O)[C@H]2N[C@@H]3CC[C@H]2C3)cc1. The molecule has 1 aromatic carbocycles. The van der Waals surface area contributed by atoms with Crippen molar-refractivity contribution in [2.45, 2.75) is 57.7 Å². The van der Waals surface area contributed by atoms with Gasteiger partial charge in [-0.2, -0.15) is 5.26 Å². The smallest absolute Gasteiger partial charge is 0.238 e. The number of hydrogen-bond donors (Lipinski definition) is 2. The maximum Gasteiger partial charge on any atom is 0.238 e. The highest BCUT2D eigenvalue weighted by Gasteiger charge is 2.42. The van der Waals surface area contributed by atoms with E-state index in [1.165, 1.54) is 12.0 Å². The van der Waals surface area contributed by atoms with Crippen LogP contribution in [-0.2, 0) is 11.2 Å². The number of fused-ring (bicyclic) bond motifs is 2. The predicted octanol–water partition coefficient (Wildman–Crippen LogP) is 2.80. The van der Waals surface area contributed by atoms with Gasteiger partial charge in [0.15, 0.2) is 0 Å². The molecule has 0 aromatic heterocycles. The van der Waals surface area contributed by atoms with E-state index >= 15 is 0 Å². The van der Waals surface area contributed by atoms with Crippen LogP contribution >= 0.6 is 0 Å². The summed E-state index contributed by atoms with van der Waals surface area (Å²) in [5.74, 6) is 0.424. The summed E-state index contributed by atoms with van der Waals surface area (Å²) in [7, 11) is 0. The number of benzene rings is 1. The second kappa shape index (κ2) is 7.19. The number of nitrogens with zero attached hydrogens (tertiary/aromatic N) is 1. The third-order valence-corrected chi connectivity index (χ3v) is 4.99. The monoisotopic (exact) mass is 323 g/mol. The molecule has 4 nitrogen and oxygen atoms in total. The molecule has 1 saturated heterocycles. The molecule has 4 heteroatoms. The first-order valence-electron chi connectivity index (χ1n) is 8.75. The first-order valence-corrected chi connectivity index (χ1v) is 8.75. The Balaban J connectivity index is 1.57. The van der Waals surface area contributed by atoms with Crippen LogP contribution in [0.1, 0.15) is 44.2 Å². The van der Waals surface area contributed by atoms with Crippen LogP contribution in [0.3, 0.4) is 0 Å². The van der Waals surface area contributed by atoms with Crippen molar-refractivity contribution in [1.29, 1.82) is 5.26 Å². The fourth-order valence-corrected chi connectivity index (χ4v) is 3.86. The highest BCUT2D eigenvalue weighted by atomic mass is 16.2. The zero-order valence-electron chi connectivity index (χ0n) is 14.4. The molecular formula is C20H25N3O. The topological polar surface area (TPSA) is 64.9 Å². The Kier molecular flexibility index (Phi) is 5.01. The van der Waals surface area contributed by atoms with Gasteiger partial charge in [-0.05, 0) is 50.2 Å². The Bertz CT molecular complexity index is 667. The maximum atomic E-state index is 12.4. The van der Waals surface area contributed by atoms with Crippen molar-refractivity contribution in [2.75, 3.05) is 0 Å². The van der Waals surface area contributed by atoms with E-state index in [1.54, 1.807) is 0 Å². The van der Waals surface area contributed by atoms with Crippen LogP contribution in [-0.4, -0.2) is 24.0 Å². The average Bonchev–Trinajstić information content (AvgIpc) is 3.18. The second-order valence-electron chi connectivity index (χ2n) is 7.27. The van der Waals surface area contributed by atoms with Gasteiger partial charge in [0.2, 0.25) is 5.91 Å². The lowest BCUT2D eigenvalue weighted by molar-refractivity contribution is -0.124. The zero-order chi connectivity index (χ0) is 17.1. The Morgan fingerprint density at radius 1 is 1.38 bits per heavy atom. The minimum absolute atomic E-state index is 0.0186. The number of nitrogens with one attached hydrogen (secondary N) is 2. The lowest BCUT2D eigenvalue weighted by atomic mass is 9.98. The summed E-state index contributed by atoms with van der Waals surface area (Å²) in [5, 5.41) is 15.7. The summed E-state index contributed by atoms with van der Waals surface area (Å²) in [5.41, 5.74) is 3.47. The van der Waals surface area contributed by atoms with Gasteiger partial charge in [-0.3, -0.25) is 4.79 Å². The van der Waals surface area contributed by atoms with Gasteiger partial charge in [-0.25, -0.2) is 0 Å². The average molecular weight is 323 g/mol. The quantitative estimate of drug-likeness (QED) is 0.876. The summed E-state index contributed by atoms with van der Waals surface area (Å²) in [6, 6.07) is 10.3. The van der Waals surface area contributed by atoms with Crippen LogP contribution in [0, 0.1) is 17.2 Å². The Morgan fingerprint density at radius 3 is 2.67 bits per heavy atom. The Labute approximate surface area is 143 Å². The lowest BCUT2D eigenvalue weighted by Gasteiger charge is -2.23. The number of nitriles is 1. The van der Waals surface area contributed by atoms with Crippen LogP contribution in [0.2, 0.25) is 0 Å². The van der Waals surface area contributed by atoms with Crippen molar-refractivity contribution in [3.8, 4) is 6.07 Å². The number of amides is 1. The lowest BCUT2D eigenvalue weighted by Crippen LogP contribution is -2.50. The van der Waals surface area contributed by atoms with Crippen molar-refractivity contribution in [3.63, 3.8) is 0 Å². The molecule has 1 aromatic rings. The summed E-state index contributed by atoms with van der Waals surface area (Å²) in [6.45, 7) is 4.14. The minimum Gasteiger partial charge on any atom is -0.339 e. The highest BCUT2D eigenvalue weighted by molar-refractivity contribution is 5.83. The van der Waals surface area contributed by atoms with E-state index in [4.69, 9.17) is 0 Å². The molecule has 1 aliphatic carbocycles. The third-order valence-electron chi connectivity index (χ3n) is 4.99. The van der Waals surface area contributed by atoms with E-state index in [9.17, 15) is 10.1 Å². The molecule has 2 bridgehead atoms. The van der Waals surface area contributed by atoms with Crippen molar-refractivity contribution in [2.24, 2.45) is 5.92 Å². The van der Waals surface area contributed by atoms with Crippen molar-refractivity contribution in [1.82, 2.24) is 10.6 Å². The molecule has 2 aliphatic rings. The van der Waals surface area contributed by atoms with E-state index in [1.807, 2.05) is 12.1 Å². The normalized spacial score (nSPS) is 25.8. The van der Waals surface area contributed by atoms with Crippen LogP contribution in [0.4, 0.5) is 0 Å². The van der Waals surface area contributed by atoms with Gasteiger partial charge < -0.3 is 10.6 Å². The van der Waals surface area contributed by atoms with Crippen LogP contribution in [0.25, 0.3) is 6.08 Å². The minimum atomic E-state index is -0.479. The molecule has 2 N–H and O–H groups in total. The van der Waals surface area contributed by atoms with E-state index < -0.39 is 6.04 Å². The molecule has 1 saturated carbocycles. The molecule has 0 radical (unpaired) electrons.